The van der Waals surface area contributed by atoms with Gasteiger partial charge >= 0.3 is 0 Å². The topological polar surface area (TPSA) is 75.4 Å². The molecule has 1 heterocycles. The highest BCUT2D eigenvalue weighted by molar-refractivity contribution is 5.99. The second-order valence-corrected chi connectivity index (χ2v) is 6.71. The smallest absolute Gasteiger partial charge is 0.254 e. The van der Waals surface area contributed by atoms with Crippen molar-refractivity contribution < 1.29 is 9.59 Å². The lowest BCUT2D eigenvalue weighted by Crippen LogP contribution is -2.43. The average molecular weight is 317 g/mol. The maximum absolute atomic E-state index is 12.8. The summed E-state index contributed by atoms with van der Waals surface area (Å²) < 4.78 is 0. The lowest BCUT2D eigenvalue weighted by molar-refractivity contribution is -0.121. The van der Waals surface area contributed by atoms with E-state index in [2.05, 4.69) is 26.1 Å². The van der Waals surface area contributed by atoms with Gasteiger partial charge in [0.15, 0.2) is 0 Å². The molecule has 2 rings (SSSR count). The molecule has 2 amide bonds. The molecule has 0 aliphatic carbocycles. The van der Waals surface area contributed by atoms with Crippen molar-refractivity contribution >= 4 is 17.5 Å². The molecule has 1 aromatic rings. The second-order valence-electron chi connectivity index (χ2n) is 6.71. The van der Waals surface area contributed by atoms with Gasteiger partial charge in [0, 0.05) is 23.8 Å². The minimum Gasteiger partial charge on any atom is -0.382 e. The molecule has 0 saturated carbocycles. The van der Waals surface area contributed by atoms with Gasteiger partial charge in [-0.25, -0.2) is 0 Å². The van der Waals surface area contributed by atoms with Gasteiger partial charge in [0.05, 0.1) is 0 Å². The predicted molar refractivity (Wildman–Crippen MR) is 92.4 cm³/mol. The Bertz CT molecular complexity index is 598. The maximum Gasteiger partial charge on any atom is 0.254 e. The van der Waals surface area contributed by atoms with E-state index in [0.717, 1.165) is 17.7 Å². The van der Waals surface area contributed by atoms with Gasteiger partial charge in [0.2, 0.25) is 5.91 Å². The fourth-order valence-electron chi connectivity index (χ4n) is 2.90. The molecule has 5 heteroatoms. The summed E-state index contributed by atoms with van der Waals surface area (Å²) in [5.41, 5.74) is 7.95. The zero-order chi connectivity index (χ0) is 17.1. The molecule has 1 fully saturated rings. The molecule has 0 radical (unpaired) electrons. The molecule has 0 aromatic heterocycles. The first-order chi connectivity index (χ1) is 10.8. The molecule has 2 atom stereocenters. The number of nitrogens with one attached hydrogen (secondary N) is 1. The van der Waals surface area contributed by atoms with Crippen LogP contribution in [0.1, 0.15) is 49.5 Å². The Labute approximate surface area is 138 Å². The molecule has 5 nitrogen and oxygen atoms in total. The Hall–Kier alpha value is -2.04. The summed E-state index contributed by atoms with van der Waals surface area (Å²) in [6, 6.07) is 5.52. The van der Waals surface area contributed by atoms with Crippen molar-refractivity contribution in [2.75, 3.05) is 11.9 Å². The van der Waals surface area contributed by atoms with Crippen LogP contribution in [0.2, 0.25) is 0 Å². The number of primary amides is 1. The summed E-state index contributed by atoms with van der Waals surface area (Å²) in [4.78, 5) is 26.0. The third kappa shape index (κ3) is 3.66. The Morgan fingerprint density at radius 2 is 2.00 bits per heavy atom. The van der Waals surface area contributed by atoms with E-state index in [9.17, 15) is 9.59 Å². The number of benzene rings is 1. The number of carbonyl (C=O) groups excluding carboxylic acids is 2. The Kier molecular flexibility index (Phi) is 5.29. The first kappa shape index (κ1) is 17.3. The van der Waals surface area contributed by atoms with Crippen LogP contribution in [0.15, 0.2) is 18.2 Å². The van der Waals surface area contributed by atoms with Gasteiger partial charge in [-0.2, -0.15) is 0 Å². The van der Waals surface area contributed by atoms with Crippen molar-refractivity contribution in [1.82, 2.24) is 4.90 Å². The van der Waals surface area contributed by atoms with E-state index in [0.29, 0.717) is 30.5 Å². The number of anilines is 1. The summed E-state index contributed by atoms with van der Waals surface area (Å²) in [5.74, 6) is -0.0348. The third-order valence-electron chi connectivity index (χ3n) is 4.79. The van der Waals surface area contributed by atoms with Crippen molar-refractivity contribution in [3.05, 3.63) is 29.3 Å². The first-order valence-corrected chi connectivity index (χ1v) is 8.29. The Balaban J connectivity index is 2.26. The van der Waals surface area contributed by atoms with Crippen LogP contribution in [0.5, 0.6) is 0 Å². The Morgan fingerprint density at radius 1 is 1.30 bits per heavy atom. The molecular formula is C18H27N3O2. The summed E-state index contributed by atoms with van der Waals surface area (Å²) in [7, 11) is 0. The summed E-state index contributed by atoms with van der Waals surface area (Å²) in [6.45, 7) is 8.97. The number of carbonyl (C=O) groups is 2. The van der Waals surface area contributed by atoms with E-state index >= 15 is 0 Å². The van der Waals surface area contributed by atoms with Crippen LogP contribution in [0.3, 0.4) is 0 Å². The predicted octanol–water partition coefficient (Wildman–Crippen LogP) is 2.54. The van der Waals surface area contributed by atoms with Gasteiger partial charge in [-0.15, -0.1) is 0 Å². The summed E-state index contributed by atoms with van der Waals surface area (Å²) in [6.07, 6.45) is 1.48. The second kappa shape index (κ2) is 7.02. The molecule has 0 bridgehead atoms. The highest BCUT2D eigenvalue weighted by Crippen LogP contribution is 2.25. The number of nitrogens with zero attached hydrogens (tertiary/aromatic N) is 1. The average Bonchev–Trinajstić information content (AvgIpc) is 2.98. The van der Waals surface area contributed by atoms with Gasteiger partial charge in [0.1, 0.15) is 6.04 Å². The van der Waals surface area contributed by atoms with Crippen molar-refractivity contribution in [2.45, 2.75) is 52.6 Å². The van der Waals surface area contributed by atoms with Crippen molar-refractivity contribution in [1.29, 1.82) is 0 Å². The zero-order valence-electron chi connectivity index (χ0n) is 14.4. The van der Waals surface area contributed by atoms with Crippen LogP contribution < -0.4 is 11.1 Å². The van der Waals surface area contributed by atoms with Crippen LogP contribution in [0, 0.1) is 12.8 Å². The van der Waals surface area contributed by atoms with Crippen LogP contribution in [-0.2, 0) is 4.79 Å². The molecule has 1 aliphatic rings. The largest absolute Gasteiger partial charge is 0.382 e. The highest BCUT2D eigenvalue weighted by Gasteiger charge is 2.33. The highest BCUT2D eigenvalue weighted by atomic mass is 16.2. The van der Waals surface area contributed by atoms with E-state index in [1.807, 2.05) is 25.1 Å². The van der Waals surface area contributed by atoms with Crippen molar-refractivity contribution in [3.63, 3.8) is 0 Å². The van der Waals surface area contributed by atoms with Gasteiger partial charge in [0.25, 0.3) is 5.91 Å². The number of hydrogen-bond donors (Lipinski definition) is 2. The summed E-state index contributed by atoms with van der Waals surface area (Å²) >= 11 is 0. The van der Waals surface area contributed by atoms with E-state index in [1.54, 1.807) is 4.90 Å². The van der Waals surface area contributed by atoms with E-state index in [-0.39, 0.29) is 5.91 Å². The molecule has 3 N–H and O–H groups in total. The minimum absolute atomic E-state index is 0.107. The standard InChI is InChI=1S/C18H27N3O2/c1-11(2)13(4)20-15-8-5-7-14(12(15)3)18(23)21-10-6-9-16(21)17(19)22/h5,7-8,11,13,16,20H,6,9-10H2,1-4H3,(H2,19,22)/t13?,16-/m0/s1. The zero-order valence-corrected chi connectivity index (χ0v) is 14.4. The lowest BCUT2D eigenvalue weighted by atomic mass is 10.0. The number of rotatable bonds is 5. The molecule has 0 spiro atoms. The van der Waals surface area contributed by atoms with Crippen LogP contribution in [-0.4, -0.2) is 35.3 Å². The van der Waals surface area contributed by atoms with Crippen LogP contribution in [0.4, 0.5) is 5.69 Å². The fraction of sp³-hybridized carbons (Fsp3) is 0.556. The maximum atomic E-state index is 12.8. The van der Waals surface area contributed by atoms with E-state index in [1.165, 1.54) is 0 Å². The monoisotopic (exact) mass is 317 g/mol. The minimum atomic E-state index is -0.479. The molecule has 1 aliphatic heterocycles. The third-order valence-corrected chi connectivity index (χ3v) is 4.79. The summed E-state index contributed by atoms with van der Waals surface area (Å²) in [5, 5.41) is 3.47. The Morgan fingerprint density at radius 3 is 2.61 bits per heavy atom. The lowest BCUT2D eigenvalue weighted by Gasteiger charge is -2.25. The fourth-order valence-corrected chi connectivity index (χ4v) is 2.90. The van der Waals surface area contributed by atoms with Gasteiger partial charge < -0.3 is 16.0 Å². The van der Waals surface area contributed by atoms with E-state index < -0.39 is 11.9 Å². The molecule has 1 aromatic carbocycles. The van der Waals surface area contributed by atoms with Crippen molar-refractivity contribution in [3.8, 4) is 0 Å². The molecule has 23 heavy (non-hydrogen) atoms. The molecule has 1 saturated heterocycles. The van der Waals surface area contributed by atoms with Crippen LogP contribution in [0.25, 0.3) is 0 Å². The number of likely N-dealkylation sites (tertiary alicyclic amines) is 1. The van der Waals surface area contributed by atoms with E-state index in [4.69, 9.17) is 5.73 Å². The first-order valence-electron chi connectivity index (χ1n) is 8.29. The normalized spacial score (nSPS) is 19.0. The SMILES string of the molecule is Cc1c(NC(C)C(C)C)cccc1C(=O)N1CCC[C@H]1C(N)=O. The number of nitrogens with two attached hydrogens (primary N) is 1. The van der Waals surface area contributed by atoms with Crippen molar-refractivity contribution in [2.24, 2.45) is 11.7 Å². The number of hydrogen-bond acceptors (Lipinski definition) is 3. The molecular weight excluding hydrogens is 290 g/mol. The quantitative estimate of drug-likeness (QED) is 0.876. The number of amides is 2. The van der Waals surface area contributed by atoms with Gasteiger partial charge in [-0.1, -0.05) is 19.9 Å². The van der Waals surface area contributed by atoms with Gasteiger partial charge in [-0.3, -0.25) is 9.59 Å². The van der Waals surface area contributed by atoms with Gasteiger partial charge in [-0.05, 0) is 50.3 Å². The van der Waals surface area contributed by atoms with Crippen LogP contribution >= 0.6 is 0 Å². The molecule has 126 valence electrons. The molecule has 1 unspecified atom stereocenters.